The minimum absolute atomic E-state index is 0.127. The van der Waals surface area contributed by atoms with Crippen LogP contribution in [-0.4, -0.2) is 17.2 Å². The zero-order valence-corrected chi connectivity index (χ0v) is 8.75. The third-order valence-corrected chi connectivity index (χ3v) is 2.28. The topological polar surface area (TPSA) is 42.4 Å². The highest BCUT2D eigenvalue weighted by molar-refractivity contribution is 14.1. The fourth-order valence-corrected chi connectivity index (χ4v) is 1.50. The highest BCUT2D eigenvalue weighted by atomic mass is 127. The van der Waals surface area contributed by atoms with Crippen LogP contribution in [0, 0.1) is 3.70 Å². The second-order valence-corrected chi connectivity index (χ2v) is 3.20. The van der Waals surface area contributed by atoms with Crippen molar-refractivity contribution in [3.05, 3.63) is 15.5 Å². The van der Waals surface area contributed by atoms with E-state index in [1.54, 1.807) is 22.6 Å². The lowest BCUT2D eigenvalue weighted by Crippen LogP contribution is -1.98. The standard InChI is InChI=1S/C7H6F2INO2/c1-13-5-3(12)2-11-7(10)4(5)6(8)9/h2,6,12H,1H3. The van der Waals surface area contributed by atoms with E-state index in [2.05, 4.69) is 9.72 Å². The predicted octanol–water partition coefficient (Wildman–Crippen LogP) is 2.34. The smallest absolute Gasteiger partial charge is 0.270 e. The van der Waals surface area contributed by atoms with Crippen molar-refractivity contribution >= 4 is 22.6 Å². The molecule has 0 radical (unpaired) electrons. The molecule has 0 saturated heterocycles. The normalized spacial score (nSPS) is 10.5. The molecule has 0 aromatic carbocycles. The van der Waals surface area contributed by atoms with Gasteiger partial charge < -0.3 is 9.84 Å². The molecule has 13 heavy (non-hydrogen) atoms. The van der Waals surface area contributed by atoms with E-state index in [-0.39, 0.29) is 20.8 Å². The number of halogens is 3. The van der Waals surface area contributed by atoms with Crippen LogP contribution in [0.25, 0.3) is 0 Å². The van der Waals surface area contributed by atoms with Gasteiger partial charge in [0.05, 0.1) is 18.9 Å². The van der Waals surface area contributed by atoms with Crippen molar-refractivity contribution in [2.24, 2.45) is 0 Å². The van der Waals surface area contributed by atoms with Crippen LogP contribution in [0.15, 0.2) is 6.20 Å². The van der Waals surface area contributed by atoms with Crippen molar-refractivity contribution in [2.75, 3.05) is 7.11 Å². The Balaban J connectivity index is 3.35. The van der Waals surface area contributed by atoms with Crippen molar-refractivity contribution in [3.8, 4) is 11.5 Å². The van der Waals surface area contributed by atoms with Gasteiger partial charge in [0, 0.05) is 0 Å². The number of rotatable bonds is 2. The molecule has 0 aliphatic carbocycles. The van der Waals surface area contributed by atoms with Crippen LogP contribution in [0.3, 0.4) is 0 Å². The first-order chi connectivity index (χ1) is 6.07. The van der Waals surface area contributed by atoms with E-state index in [1.807, 2.05) is 0 Å². The largest absolute Gasteiger partial charge is 0.503 e. The lowest BCUT2D eigenvalue weighted by Gasteiger charge is -2.09. The summed E-state index contributed by atoms with van der Waals surface area (Å²) in [4.78, 5) is 3.59. The number of ether oxygens (including phenoxy) is 1. The first-order valence-corrected chi connectivity index (χ1v) is 4.35. The van der Waals surface area contributed by atoms with Gasteiger partial charge in [-0.3, -0.25) is 0 Å². The molecule has 0 aliphatic rings. The first-order valence-electron chi connectivity index (χ1n) is 3.27. The molecule has 0 amide bonds. The molecule has 6 heteroatoms. The van der Waals surface area contributed by atoms with Crippen LogP contribution in [0.5, 0.6) is 11.5 Å². The summed E-state index contributed by atoms with van der Waals surface area (Å²) in [6.45, 7) is 0. The Labute approximate surface area is 86.9 Å². The minimum Gasteiger partial charge on any atom is -0.503 e. The Morgan fingerprint density at radius 1 is 1.62 bits per heavy atom. The highest BCUT2D eigenvalue weighted by Crippen LogP contribution is 2.37. The molecule has 1 aromatic rings. The number of aromatic hydroxyl groups is 1. The van der Waals surface area contributed by atoms with Crippen LogP contribution in [0.1, 0.15) is 12.0 Å². The van der Waals surface area contributed by atoms with Gasteiger partial charge in [-0.15, -0.1) is 0 Å². The highest BCUT2D eigenvalue weighted by Gasteiger charge is 2.21. The van der Waals surface area contributed by atoms with Gasteiger partial charge in [0.1, 0.15) is 3.70 Å². The summed E-state index contributed by atoms with van der Waals surface area (Å²) >= 11 is 1.66. The average molecular weight is 301 g/mol. The maximum atomic E-state index is 12.4. The lowest BCUT2D eigenvalue weighted by atomic mass is 10.2. The lowest BCUT2D eigenvalue weighted by molar-refractivity contribution is 0.144. The molecule has 0 spiro atoms. The second kappa shape index (κ2) is 4.03. The van der Waals surface area contributed by atoms with Crippen LogP contribution >= 0.6 is 22.6 Å². The van der Waals surface area contributed by atoms with Gasteiger partial charge in [-0.1, -0.05) is 0 Å². The van der Waals surface area contributed by atoms with Crippen LogP contribution in [0.2, 0.25) is 0 Å². The summed E-state index contributed by atoms with van der Waals surface area (Å²) < 4.78 is 29.6. The molecule has 1 N–H and O–H groups in total. The Bertz CT molecular complexity index is 320. The molecule has 0 bridgehead atoms. The van der Waals surface area contributed by atoms with E-state index in [4.69, 9.17) is 5.11 Å². The summed E-state index contributed by atoms with van der Waals surface area (Å²) in [5.74, 6) is -0.590. The number of pyridine rings is 1. The molecule has 0 fully saturated rings. The maximum Gasteiger partial charge on any atom is 0.270 e. The molecular formula is C7H6F2INO2. The molecule has 72 valence electrons. The van der Waals surface area contributed by atoms with Gasteiger partial charge in [-0.2, -0.15) is 0 Å². The van der Waals surface area contributed by atoms with Gasteiger partial charge in [0.2, 0.25) is 0 Å². The van der Waals surface area contributed by atoms with Crippen LogP contribution < -0.4 is 4.74 Å². The number of methoxy groups -OCH3 is 1. The zero-order valence-electron chi connectivity index (χ0n) is 6.59. The Morgan fingerprint density at radius 2 is 2.23 bits per heavy atom. The van der Waals surface area contributed by atoms with E-state index >= 15 is 0 Å². The van der Waals surface area contributed by atoms with Gasteiger partial charge in [0.15, 0.2) is 11.5 Å². The van der Waals surface area contributed by atoms with Crippen molar-refractivity contribution in [3.63, 3.8) is 0 Å². The quantitative estimate of drug-likeness (QED) is 0.673. The van der Waals surface area contributed by atoms with Crippen LogP contribution in [0.4, 0.5) is 8.78 Å². The molecule has 0 saturated carbocycles. The molecule has 1 rings (SSSR count). The number of hydrogen-bond acceptors (Lipinski definition) is 3. The number of nitrogens with zero attached hydrogens (tertiary/aromatic N) is 1. The molecule has 0 unspecified atom stereocenters. The monoisotopic (exact) mass is 301 g/mol. The predicted molar refractivity (Wildman–Crippen MR) is 50.1 cm³/mol. The van der Waals surface area contributed by atoms with Crippen molar-refractivity contribution < 1.29 is 18.6 Å². The van der Waals surface area contributed by atoms with Crippen molar-refractivity contribution in [1.82, 2.24) is 4.98 Å². The van der Waals surface area contributed by atoms with E-state index < -0.39 is 6.43 Å². The van der Waals surface area contributed by atoms with Gasteiger partial charge in [-0.25, -0.2) is 13.8 Å². The molecule has 0 aliphatic heterocycles. The first kappa shape index (κ1) is 10.4. The van der Waals surface area contributed by atoms with E-state index in [9.17, 15) is 8.78 Å². The molecule has 1 aromatic heterocycles. The molecular weight excluding hydrogens is 295 g/mol. The minimum atomic E-state index is -2.71. The Kier molecular flexibility index (Phi) is 3.23. The van der Waals surface area contributed by atoms with Gasteiger partial charge in [0.25, 0.3) is 6.43 Å². The van der Waals surface area contributed by atoms with E-state index in [0.29, 0.717) is 0 Å². The van der Waals surface area contributed by atoms with Crippen molar-refractivity contribution in [1.29, 1.82) is 0 Å². The summed E-state index contributed by atoms with van der Waals surface area (Å²) in [5.41, 5.74) is -0.372. The maximum absolute atomic E-state index is 12.4. The second-order valence-electron chi connectivity index (χ2n) is 2.18. The summed E-state index contributed by atoms with van der Waals surface area (Å²) in [6.07, 6.45) is -1.63. The molecule has 0 atom stereocenters. The fourth-order valence-electron chi connectivity index (χ4n) is 0.881. The summed E-state index contributed by atoms with van der Waals surface area (Å²) in [5, 5.41) is 9.14. The third kappa shape index (κ3) is 1.98. The zero-order chi connectivity index (χ0) is 10.0. The third-order valence-electron chi connectivity index (χ3n) is 1.42. The number of aromatic nitrogens is 1. The van der Waals surface area contributed by atoms with Crippen molar-refractivity contribution in [2.45, 2.75) is 6.43 Å². The van der Waals surface area contributed by atoms with Gasteiger partial charge >= 0.3 is 0 Å². The summed E-state index contributed by atoms with van der Waals surface area (Å²) in [7, 11) is 1.22. The Hall–Kier alpha value is -0.660. The molecule has 3 nitrogen and oxygen atoms in total. The van der Waals surface area contributed by atoms with Gasteiger partial charge in [-0.05, 0) is 22.6 Å². The van der Waals surface area contributed by atoms with Crippen LogP contribution in [-0.2, 0) is 0 Å². The van der Waals surface area contributed by atoms with E-state index in [0.717, 1.165) is 6.20 Å². The van der Waals surface area contributed by atoms with E-state index in [1.165, 1.54) is 7.11 Å². The molecule has 1 heterocycles. The Morgan fingerprint density at radius 3 is 2.62 bits per heavy atom. The fraction of sp³-hybridized carbons (Fsp3) is 0.286. The summed E-state index contributed by atoms with van der Waals surface area (Å²) in [6, 6.07) is 0. The number of hydrogen-bond donors (Lipinski definition) is 1. The SMILES string of the molecule is COc1c(O)cnc(I)c1C(F)F. The average Bonchev–Trinajstić information content (AvgIpc) is 2.07. The number of alkyl halides is 2.